The number of benzene rings is 1. The molecule has 0 heterocycles. The molecule has 1 rings (SSSR count). The van der Waals surface area contributed by atoms with E-state index in [-0.39, 0.29) is 5.82 Å². The van der Waals surface area contributed by atoms with Crippen molar-refractivity contribution in [1.82, 2.24) is 0 Å². The lowest BCUT2D eigenvalue weighted by atomic mass is 10.2. The van der Waals surface area contributed by atoms with Gasteiger partial charge in [0.2, 0.25) is 0 Å². The molecular formula is C12H15BrFN. The summed E-state index contributed by atoms with van der Waals surface area (Å²) in [7, 11) is 0. The van der Waals surface area contributed by atoms with Gasteiger partial charge in [-0.05, 0) is 53.9 Å². The Balaban J connectivity index is 2.69. The first kappa shape index (κ1) is 12.2. The molecule has 0 saturated carbocycles. The van der Waals surface area contributed by atoms with Crippen molar-refractivity contribution in [3.05, 3.63) is 40.1 Å². The zero-order valence-corrected chi connectivity index (χ0v) is 10.6. The van der Waals surface area contributed by atoms with Crippen LogP contribution in [0.25, 0.3) is 0 Å². The van der Waals surface area contributed by atoms with Crippen LogP contribution in [-0.4, -0.2) is 6.54 Å². The van der Waals surface area contributed by atoms with E-state index in [0.29, 0.717) is 4.47 Å². The van der Waals surface area contributed by atoms with E-state index in [1.165, 1.54) is 6.07 Å². The SMILES string of the molecule is C=C(C)CCNc1cc(Br)c(F)cc1C. The van der Waals surface area contributed by atoms with Crippen LogP contribution in [0.5, 0.6) is 0 Å². The molecule has 82 valence electrons. The van der Waals surface area contributed by atoms with E-state index in [2.05, 4.69) is 27.8 Å². The van der Waals surface area contributed by atoms with E-state index in [4.69, 9.17) is 0 Å². The largest absolute Gasteiger partial charge is 0.384 e. The maximum atomic E-state index is 13.1. The van der Waals surface area contributed by atoms with Crippen molar-refractivity contribution >= 4 is 21.6 Å². The minimum absolute atomic E-state index is 0.224. The topological polar surface area (TPSA) is 12.0 Å². The molecule has 1 nitrogen and oxygen atoms in total. The summed E-state index contributed by atoms with van der Waals surface area (Å²) in [6.45, 7) is 8.54. The zero-order valence-electron chi connectivity index (χ0n) is 9.03. The standard InChI is InChI=1S/C12H15BrFN/c1-8(2)4-5-15-12-7-10(13)11(14)6-9(12)3/h6-7,15H,1,4-5H2,2-3H3. The molecule has 0 amide bonds. The molecule has 0 saturated heterocycles. The van der Waals surface area contributed by atoms with Gasteiger partial charge in [-0.15, -0.1) is 6.58 Å². The van der Waals surface area contributed by atoms with E-state index in [1.807, 2.05) is 13.8 Å². The Hall–Kier alpha value is -0.830. The molecule has 0 aliphatic carbocycles. The number of nitrogens with one attached hydrogen (secondary N) is 1. The van der Waals surface area contributed by atoms with Gasteiger partial charge in [0.1, 0.15) is 5.82 Å². The Bertz CT molecular complexity index is 374. The minimum atomic E-state index is -0.224. The van der Waals surface area contributed by atoms with E-state index in [0.717, 1.165) is 29.8 Å². The molecule has 15 heavy (non-hydrogen) atoms. The Kier molecular flexibility index (Phi) is 4.33. The lowest BCUT2D eigenvalue weighted by Crippen LogP contribution is -2.03. The van der Waals surface area contributed by atoms with Gasteiger partial charge in [0.25, 0.3) is 0 Å². The first-order chi connectivity index (χ1) is 7.00. The number of anilines is 1. The molecular weight excluding hydrogens is 257 g/mol. The van der Waals surface area contributed by atoms with Crippen LogP contribution < -0.4 is 5.32 Å². The lowest BCUT2D eigenvalue weighted by molar-refractivity contribution is 0.620. The van der Waals surface area contributed by atoms with Gasteiger partial charge in [-0.3, -0.25) is 0 Å². The number of aryl methyl sites for hydroxylation is 1. The molecule has 0 bridgehead atoms. The van der Waals surface area contributed by atoms with E-state index < -0.39 is 0 Å². The Morgan fingerprint density at radius 2 is 2.20 bits per heavy atom. The average Bonchev–Trinajstić information content (AvgIpc) is 2.13. The number of hydrogen-bond donors (Lipinski definition) is 1. The summed E-state index contributed by atoms with van der Waals surface area (Å²) in [5, 5.41) is 3.25. The van der Waals surface area contributed by atoms with Crippen molar-refractivity contribution in [2.24, 2.45) is 0 Å². The molecule has 0 unspecified atom stereocenters. The second kappa shape index (κ2) is 5.31. The molecule has 0 aliphatic rings. The van der Waals surface area contributed by atoms with Gasteiger partial charge in [0.15, 0.2) is 0 Å². The van der Waals surface area contributed by atoms with Crippen LogP contribution in [0.15, 0.2) is 28.8 Å². The fourth-order valence-corrected chi connectivity index (χ4v) is 1.59. The quantitative estimate of drug-likeness (QED) is 0.807. The lowest BCUT2D eigenvalue weighted by Gasteiger charge is -2.10. The fraction of sp³-hybridized carbons (Fsp3) is 0.333. The first-order valence-electron chi connectivity index (χ1n) is 4.84. The van der Waals surface area contributed by atoms with Crippen molar-refractivity contribution in [2.45, 2.75) is 20.3 Å². The van der Waals surface area contributed by atoms with Crippen LogP contribution in [0.3, 0.4) is 0 Å². The molecule has 3 heteroatoms. The first-order valence-corrected chi connectivity index (χ1v) is 5.64. The predicted molar refractivity (Wildman–Crippen MR) is 66.8 cm³/mol. The summed E-state index contributed by atoms with van der Waals surface area (Å²) in [4.78, 5) is 0. The van der Waals surface area contributed by atoms with E-state index in [1.54, 1.807) is 6.07 Å². The zero-order chi connectivity index (χ0) is 11.4. The highest BCUT2D eigenvalue weighted by Crippen LogP contribution is 2.24. The van der Waals surface area contributed by atoms with Crippen LogP contribution in [0.2, 0.25) is 0 Å². The fourth-order valence-electron chi connectivity index (χ4n) is 1.25. The number of halogens is 2. The third-order valence-electron chi connectivity index (χ3n) is 2.13. The molecule has 1 aromatic rings. The van der Waals surface area contributed by atoms with Gasteiger partial charge in [0, 0.05) is 12.2 Å². The molecule has 0 spiro atoms. The van der Waals surface area contributed by atoms with Gasteiger partial charge in [-0.1, -0.05) is 5.57 Å². The number of hydrogen-bond acceptors (Lipinski definition) is 1. The highest BCUT2D eigenvalue weighted by atomic mass is 79.9. The molecule has 0 aromatic heterocycles. The van der Waals surface area contributed by atoms with E-state index in [9.17, 15) is 4.39 Å². The average molecular weight is 272 g/mol. The van der Waals surface area contributed by atoms with E-state index >= 15 is 0 Å². The molecule has 0 atom stereocenters. The Labute approximate surface area is 98.5 Å². The van der Waals surface area contributed by atoms with Crippen LogP contribution in [0, 0.1) is 12.7 Å². The van der Waals surface area contributed by atoms with Crippen LogP contribution >= 0.6 is 15.9 Å². The molecule has 1 aromatic carbocycles. The Morgan fingerprint density at radius 1 is 1.53 bits per heavy atom. The summed E-state index contributed by atoms with van der Waals surface area (Å²) in [5.41, 5.74) is 3.02. The molecule has 0 radical (unpaired) electrons. The Morgan fingerprint density at radius 3 is 2.80 bits per heavy atom. The predicted octanol–water partition coefficient (Wildman–Crippen LogP) is 4.27. The summed E-state index contributed by atoms with van der Waals surface area (Å²) < 4.78 is 13.6. The molecule has 1 N–H and O–H groups in total. The highest BCUT2D eigenvalue weighted by Gasteiger charge is 2.04. The van der Waals surface area contributed by atoms with Crippen LogP contribution in [0.4, 0.5) is 10.1 Å². The summed E-state index contributed by atoms with van der Waals surface area (Å²) in [6.07, 6.45) is 0.925. The normalized spacial score (nSPS) is 10.1. The van der Waals surface area contributed by atoms with Crippen molar-refractivity contribution < 1.29 is 4.39 Å². The van der Waals surface area contributed by atoms with Gasteiger partial charge >= 0.3 is 0 Å². The molecule has 0 aliphatic heterocycles. The van der Waals surface area contributed by atoms with Crippen molar-refractivity contribution in [3.63, 3.8) is 0 Å². The van der Waals surface area contributed by atoms with Crippen LogP contribution in [-0.2, 0) is 0 Å². The van der Waals surface area contributed by atoms with Crippen molar-refractivity contribution in [1.29, 1.82) is 0 Å². The monoisotopic (exact) mass is 271 g/mol. The smallest absolute Gasteiger partial charge is 0.137 e. The number of rotatable bonds is 4. The molecule has 0 fully saturated rings. The third kappa shape index (κ3) is 3.67. The van der Waals surface area contributed by atoms with Crippen LogP contribution in [0.1, 0.15) is 18.9 Å². The van der Waals surface area contributed by atoms with Crippen molar-refractivity contribution in [2.75, 3.05) is 11.9 Å². The summed E-state index contributed by atoms with van der Waals surface area (Å²) in [5.74, 6) is -0.224. The second-order valence-corrected chi connectivity index (χ2v) is 4.57. The van der Waals surface area contributed by atoms with Gasteiger partial charge < -0.3 is 5.32 Å². The maximum absolute atomic E-state index is 13.1. The minimum Gasteiger partial charge on any atom is -0.384 e. The van der Waals surface area contributed by atoms with Gasteiger partial charge in [0.05, 0.1) is 4.47 Å². The summed E-state index contributed by atoms with van der Waals surface area (Å²) in [6, 6.07) is 3.29. The summed E-state index contributed by atoms with van der Waals surface area (Å²) >= 11 is 3.17. The van der Waals surface area contributed by atoms with Gasteiger partial charge in [-0.2, -0.15) is 0 Å². The maximum Gasteiger partial charge on any atom is 0.137 e. The van der Waals surface area contributed by atoms with Crippen molar-refractivity contribution in [3.8, 4) is 0 Å². The van der Waals surface area contributed by atoms with Gasteiger partial charge in [-0.25, -0.2) is 4.39 Å². The highest BCUT2D eigenvalue weighted by molar-refractivity contribution is 9.10. The second-order valence-electron chi connectivity index (χ2n) is 3.72. The third-order valence-corrected chi connectivity index (χ3v) is 2.74.